The van der Waals surface area contributed by atoms with Gasteiger partial charge in [-0.2, -0.15) is 0 Å². The molecule has 6 nitrogen and oxygen atoms in total. The molecule has 2 saturated heterocycles. The highest BCUT2D eigenvalue weighted by atomic mass is 16.1. The quantitative estimate of drug-likeness (QED) is 0.566. The molecule has 0 radical (unpaired) electrons. The van der Waals surface area contributed by atoms with Gasteiger partial charge in [0.1, 0.15) is 5.82 Å². The zero-order valence-electron chi connectivity index (χ0n) is 19.6. The number of hydrogen-bond donors (Lipinski definition) is 2. The van der Waals surface area contributed by atoms with E-state index in [9.17, 15) is 4.79 Å². The van der Waals surface area contributed by atoms with Gasteiger partial charge in [-0.15, -0.1) is 0 Å². The van der Waals surface area contributed by atoms with E-state index in [2.05, 4.69) is 51.1 Å². The first-order valence-corrected chi connectivity index (χ1v) is 12.1. The zero-order valence-corrected chi connectivity index (χ0v) is 19.6. The minimum Gasteiger partial charge on any atom is -0.371 e. The second kappa shape index (κ2) is 9.40. The van der Waals surface area contributed by atoms with Crippen LogP contribution in [-0.4, -0.2) is 53.0 Å². The molecule has 2 aromatic carbocycles. The first-order valence-electron chi connectivity index (χ1n) is 12.1. The summed E-state index contributed by atoms with van der Waals surface area (Å²) in [6.45, 7) is 9.15. The Morgan fingerprint density at radius 3 is 2.70 bits per heavy atom. The van der Waals surface area contributed by atoms with Gasteiger partial charge >= 0.3 is 0 Å². The molecule has 2 N–H and O–H groups in total. The maximum absolute atomic E-state index is 12.8. The number of amides is 1. The van der Waals surface area contributed by atoms with Gasteiger partial charge in [0.05, 0.1) is 0 Å². The van der Waals surface area contributed by atoms with Crippen molar-refractivity contribution in [3.63, 3.8) is 0 Å². The van der Waals surface area contributed by atoms with Crippen molar-refractivity contribution < 1.29 is 4.79 Å². The summed E-state index contributed by atoms with van der Waals surface area (Å²) in [5, 5.41) is 3.07. The number of aromatic nitrogens is 2. The van der Waals surface area contributed by atoms with E-state index < -0.39 is 0 Å². The predicted molar refractivity (Wildman–Crippen MR) is 134 cm³/mol. The average molecular weight is 444 g/mol. The number of nitrogens with zero attached hydrogens (tertiary/aromatic N) is 3. The van der Waals surface area contributed by atoms with Gasteiger partial charge in [0, 0.05) is 60.6 Å². The van der Waals surface area contributed by atoms with E-state index in [4.69, 9.17) is 0 Å². The molecule has 6 heteroatoms. The second-order valence-electron chi connectivity index (χ2n) is 9.56. The van der Waals surface area contributed by atoms with E-state index in [1.54, 1.807) is 12.4 Å². The average Bonchev–Trinajstić information content (AvgIpc) is 3.59. The molecule has 0 saturated carbocycles. The molecule has 2 aliphatic rings. The maximum Gasteiger partial charge on any atom is 0.255 e. The maximum atomic E-state index is 12.8. The van der Waals surface area contributed by atoms with E-state index >= 15 is 0 Å². The van der Waals surface area contributed by atoms with E-state index in [1.165, 1.54) is 38.0 Å². The molecule has 5 rings (SSSR count). The van der Waals surface area contributed by atoms with Crippen molar-refractivity contribution in [1.82, 2.24) is 14.9 Å². The SMILES string of the molecule is Cc1cc(N2CCC(CN3CCCC3C)C2)ccc1NC(=O)c1ccc(-c2ncc[nH]2)cc1. The van der Waals surface area contributed by atoms with Gasteiger partial charge in [-0.05, 0) is 81.5 Å². The van der Waals surface area contributed by atoms with E-state index in [0.717, 1.165) is 47.7 Å². The lowest BCUT2D eigenvalue weighted by atomic mass is 10.1. The fourth-order valence-electron chi connectivity index (χ4n) is 5.19. The van der Waals surface area contributed by atoms with Crippen molar-refractivity contribution in [2.24, 2.45) is 5.92 Å². The lowest BCUT2D eigenvalue weighted by Crippen LogP contribution is -2.33. The monoisotopic (exact) mass is 443 g/mol. The van der Waals surface area contributed by atoms with Gasteiger partial charge in [-0.1, -0.05) is 12.1 Å². The third-order valence-corrected chi connectivity index (χ3v) is 7.21. The van der Waals surface area contributed by atoms with Crippen LogP contribution < -0.4 is 10.2 Å². The molecule has 0 spiro atoms. The molecular formula is C27H33N5O. The van der Waals surface area contributed by atoms with Crippen LogP contribution in [0, 0.1) is 12.8 Å². The number of imidazole rings is 1. The number of anilines is 2. The first-order chi connectivity index (χ1) is 16.1. The molecule has 2 atom stereocenters. The van der Waals surface area contributed by atoms with Gasteiger partial charge in [-0.3, -0.25) is 4.79 Å². The molecule has 0 bridgehead atoms. The van der Waals surface area contributed by atoms with Crippen LogP contribution in [-0.2, 0) is 0 Å². The number of aryl methyl sites for hydroxylation is 1. The molecule has 2 aliphatic heterocycles. The Morgan fingerprint density at radius 1 is 1.15 bits per heavy atom. The number of rotatable bonds is 6. The lowest BCUT2D eigenvalue weighted by Gasteiger charge is -2.25. The third-order valence-electron chi connectivity index (χ3n) is 7.21. The van der Waals surface area contributed by atoms with Crippen molar-refractivity contribution in [2.75, 3.05) is 36.4 Å². The Hall–Kier alpha value is -3.12. The highest BCUT2D eigenvalue weighted by Gasteiger charge is 2.28. The summed E-state index contributed by atoms with van der Waals surface area (Å²) in [5.41, 5.74) is 4.79. The third kappa shape index (κ3) is 4.81. The molecule has 3 heterocycles. The molecule has 0 aliphatic carbocycles. The number of aromatic amines is 1. The summed E-state index contributed by atoms with van der Waals surface area (Å²) in [4.78, 5) is 25.3. The summed E-state index contributed by atoms with van der Waals surface area (Å²) < 4.78 is 0. The highest BCUT2D eigenvalue weighted by molar-refractivity contribution is 6.05. The van der Waals surface area contributed by atoms with Crippen molar-refractivity contribution in [3.8, 4) is 11.4 Å². The van der Waals surface area contributed by atoms with Crippen LogP contribution in [0.5, 0.6) is 0 Å². The van der Waals surface area contributed by atoms with E-state index in [-0.39, 0.29) is 5.91 Å². The van der Waals surface area contributed by atoms with Crippen LogP contribution in [0.25, 0.3) is 11.4 Å². The molecule has 172 valence electrons. The Morgan fingerprint density at radius 2 is 2.00 bits per heavy atom. The van der Waals surface area contributed by atoms with Gasteiger partial charge < -0.3 is 20.1 Å². The molecule has 2 unspecified atom stereocenters. The van der Waals surface area contributed by atoms with Crippen LogP contribution in [0.15, 0.2) is 54.9 Å². The minimum absolute atomic E-state index is 0.0992. The Kier molecular flexibility index (Phi) is 6.18. The largest absolute Gasteiger partial charge is 0.371 e. The summed E-state index contributed by atoms with van der Waals surface area (Å²) in [6, 6.07) is 14.6. The smallest absolute Gasteiger partial charge is 0.255 e. The topological polar surface area (TPSA) is 64.3 Å². The molecule has 2 fully saturated rings. The molecule has 1 aromatic heterocycles. The molecule has 33 heavy (non-hydrogen) atoms. The fourth-order valence-corrected chi connectivity index (χ4v) is 5.19. The van der Waals surface area contributed by atoms with Crippen molar-refractivity contribution in [1.29, 1.82) is 0 Å². The summed E-state index contributed by atoms with van der Waals surface area (Å²) in [5.74, 6) is 1.44. The number of carbonyl (C=O) groups is 1. The highest BCUT2D eigenvalue weighted by Crippen LogP contribution is 2.29. The number of carbonyl (C=O) groups excluding carboxylic acids is 1. The van der Waals surface area contributed by atoms with Crippen LogP contribution in [0.2, 0.25) is 0 Å². The van der Waals surface area contributed by atoms with E-state index in [1.807, 2.05) is 30.3 Å². The summed E-state index contributed by atoms with van der Waals surface area (Å²) in [7, 11) is 0. The summed E-state index contributed by atoms with van der Waals surface area (Å²) in [6.07, 6.45) is 7.46. The predicted octanol–water partition coefficient (Wildman–Crippen LogP) is 4.95. The Bertz CT molecular complexity index is 1090. The van der Waals surface area contributed by atoms with Gasteiger partial charge in [-0.25, -0.2) is 4.98 Å². The number of H-pyrrole nitrogens is 1. The zero-order chi connectivity index (χ0) is 22.8. The van der Waals surface area contributed by atoms with Gasteiger partial charge in [0.15, 0.2) is 0 Å². The molecule has 1 amide bonds. The number of benzene rings is 2. The Labute approximate surface area is 196 Å². The summed E-state index contributed by atoms with van der Waals surface area (Å²) >= 11 is 0. The number of likely N-dealkylation sites (tertiary alicyclic amines) is 1. The molecular weight excluding hydrogens is 410 g/mol. The Balaban J connectivity index is 1.20. The van der Waals surface area contributed by atoms with Gasteiger partial charge in [0.2, 0.25) is 0 Å². The van der Waals surface area contributed by atoms with Crippen molar-refractivity contribution >= 4 is 17.3 Å². The van der Waals surface area contributed by atoms with Crippen molar-refractivity contribution in [3.05, 3.63) is 66.0 Å². The minimum atomic E-state index is -0.0992. The van der Waals surface area contributed by atoms with Gasteiger partial charge in [0.25, 0.3) is 5.91 Å². The van der Waals surface area contributed by atoms with Crippen LogP contribution in [0.1, 0.15) is 42.1 Å². The van der Waals surface area contributed by atoms with Crippen molar-refractivity contribution in [2.45, 2.75) is 39.2 Å². The van der Waals surface area contributed by atoms with Crippen LogP contribution >= 0.6 is 0 Å². The number of hydrogen-bond acceptors (Lipinski definition) is 4. The fraction of sp³-hybridized carbons (Fsp3) is 0.407. The van der Waals surface area contributed by atoms with Crippen LogP contribution in [0.4, 0.5) is 11.4 Å². The van der Waals surface area contributed by atoms with E-state index in [0.29, 0.717) is 5.56 Å². The standard InChI is InChI=1S/C27H33N5O/c1-19-16-24(32-15-11-21(18-32)17-31-14-3-4-20(31)2)9-10-25(19)30-27(33)23-7-5-22(6-8-23)26-28-12-13-29-26/h5-10,12-13,16,20-21H,3-4,11,14-15,17-18H2,1-2H3,(H,28,29)(H,30,33). The lowest BCUT2D eigenvalue weighted by molar-refractivity contribution is 0.102. The second-order valence-corrected chi connectivity index (χ2v) is 9.56. The normalized spacial score (nSPS) is 21.0. The number of nitrogens with one attached hydrogen (secondary N) is 2. The first kappa shape index (κ1) is 21.7. The molecule has 3 aromatic rings. The van der Waals surface area contributed by atoms with Crippen LogP contribution in [0.3, 0.4) is 0 Å².